The number of carboxylic acids is 1. The first kappa shape index (κ1) is 8.58. The summed E-state index contributed by atoms with van der Waals surface area (Å²) in [4.78, 5) is 25.5. The highest BCUT2D eigenvalue weighted by Crippen LogP contribution is 2.39. The fraction of sp³-hybridized carbons (Fsp3) is 0.500. The zero-order chi connectivity index (χ0) is 7.65. The van der Waals surface area contributed by atoms with Crippen LogP contribution in [-0.4, -0.2) is 31.8 Å². The van der Waals surface area contributed by atoms with Crippen LogP contribution in [0.5, 0.6) is 0 Å². The number of aliphatic hydroxyl groups excluding tert-OH is 1. The first-order valence-corrected chi connectivity index (χ1v) is 3.50. The summed E-state index contributed by atoms with van der Waals surface area (Å²) in [6.07, 6.45) is 0. The highest BCUT2D eigenvalue weighted by molar-refractivity contribution is 7.53. The summed E-state index contributed by atoms with van der Waals surface area (Å²) >= 11 is 0. The molecule has 0 aromatic heterocycles. The highest BCUT2D eigenvalue weighted by atomic mass is 31.2. The van der Waals surface area contributed by atoms with Gasteiger partial charge < -0.3 is 20.0 Å². The monoisotopic (exact) mass is 156 g/mol. The molecule has 0 bridgehead atoms. The van der Waals surface area contributed by atoms with Crippen LogP contribution in [0.2, 0.25) is 0 Å². The maximum atomic E-state index is 9.84. The van der Waals surface area contributed by atoms with Gasteiger partial charge in [0.25, 0.3) is 5.85 Å². The lowest BCUT2D eigenvalue weighted by Crippen LogP contribution is -2.18. The molecule has 0 aliphatic carbocycles. The summed E-state index contributed by atoms with van der Waals surface area (Å²) in [5, 5.41) is 15.9. The predicted molar refractivity (Wildman–Crippen MR) is 25.7 cm³/mol. The van der Waals surface area contributed by atoms with Gasteiger partial charge in [0.05, 0.1) is 0 Å². The van der Waals surface area contributed by atoms with Crippen molar-refractivity contribution in [3.05, 3.63) is 0 Å². The minimum Gasteiger partial charge on any atom is -0.479 e. The molecule has 1 unspecified atom stereocenters. The highest BCUT2D eigenvalue weighted by Gasteiger charge is 2.32. The largest absolute Gasteiger partial charge is 0.479 e. The number of rotatable bonds is 2. The molecule has 4 N–H and O–H groups in total. The van der Waals surface area contributed by atoms with Crippen molar-refractivity contribution >= 4 is 13.6 Å². The van der Waals surface area contributed by atoms with Gasteiger partial charge in [-0.25, -0.2) is 4.79 Å². The number of aliphatic hydroxyl groups is 1. The first-order valence-electron chi connectivity index (χ1n) is 1.82. The number of hydrogen-bond acceptors (Lipinski definition) is 3. The van der Waals surface area contributed by atoms with E-state index in [1.54, 1.807) is 0 Å². The Labute approximate surface area is 49.9 Å². The number of carboxylic acid groups (broad SMARTS) is 1. The molecule has 1 atom stereocenters. The molecule has 0 spiro atoms. The summed E-state index contributed by atoms with van der Waals surface area (Å²) < 4.78 is 9.84. The van der Waals surface area contributed by atoms with Gasteiger partial charge in [-0.3, -0.25) is 4.57 Å². The third kappa shape index (κ3) is 2.57. The van der Waals surface area contributed by atoms with Crippen molar-refractivity contribution in [2.45, 2.75) is 5.85 Å². The Balaban J connectivity index is 4.23. The van der Waals surface area contributed by atoms with Gasteiger partial charge in [-0.1, -0.05) is 0 Å². The van der Waals surface area contributed by atoms with Gasteiger partial charge in [0, 0.05) is 0 Å². The van der Waals surface area contributed by atoms with Crippen molar-refractivity contribution in [1.82, 2.24) is 0 Å². The van der Waals surface area contributed by atoms with E-state index in [4.69, 9.17) is 20.0 Å². The van der Waals surface area contributed by atoms with Gasteiger partial charge in [0.2, 0.25) is 0 Å². The zero-order valence-electron chi connectivity index (χ0n) is 4.13. The molecule has 9 heavy (non-hydrogen) atoms. The summed E-state index contributed by atoms with van der Waals surface area (Å²) in [5.41, 5.74) is 0. The lowest BCUT2D eigenvalue weighted by atomic mass is 10.7. The van der Waals surface area contributed by atoms with E-state index in [2.05, 4.69) is 0 Å². The Morgan fingerprint density at radius 3 is 1.78 bits per heavy atom. The fourth-order valence-corrected chi connectivity index (χ4v) is 0.432. The van der Waals surface area contributed by atoms with Crippen LogP contribution in [-0.2, 0) is 9.36 Å². The lowest BCUT2D eigenvalue weighted by molar-refractivity contribution is -0.143. The molecule has 0 radical (unpaired) electrons. The van der Waals surface area contributed by atoms with Crippen LogP contribution in [0.25, 0.3) is 0 Å². The SMILES string of the molecule is O=C(O)C(O)P(=O)(O)O. The average molecular weight is 156 g/mol. The van der Waals surface area contributed by atoms with Crippen LogP contribution in [0, 0.1) is 0 Å². The van der Waals surface area contributed by atoms with Gasteiger partial charge in [0.15, 0.2) is 0 Å². The number of aliphatic carboxylic acids is 1. The maximum absolute atomic E-state index is 9.84. The molecule has 0 amide bonds. The van der Waals surface area contributed by atoms with Crippen LogP contribution in [0.1, 0.15) is 0 Å². The minimum atomic E-state index is -4.86. The molecule has 0 aliphatic heterocycles. The van der Waals surface area contributed by atoms with Gasteiger partial charge in [-0.15, -0.1) is 0 Å². The molecule has 0 aromatic rings. The fourth-order valence-electron chi connectivity index (χ4n) is 0.144. The normalized spacial score (nSPS) is 15.0. The summed E-state index contributed by atoms with van der Waals surface area (Å²) in [5.74, 6) is -4.53. The van der Waals surface area contributed by atoms with Crippen molar-refractivity contribution < 1.29 is 29.4 Å². The molecule has 0 aromatic carbocycles. The molecule has 7 heteroatoms. The van der Waals surface area contributed by atoms with Crippen molar-refractivity contribution in [1.29, 1.82) is 0 Å². The van der Waals surface area contributed by atoms with E-state index in [1.807, 2.05) is 0 Å². The Morgan fingerprint density at radius 1 is 1.44 bits per heavy atom. The second-order valence-electron chi connectivity index (χ2n) is 1.30. The quantitative estimate of drug-likeness (QED) is 0.364. The van der Waals surface area contributed by atoms with Crippen LogP contribution >= 0.6 is 7.60 Å². The maximum Gasteiger partial charge on any atom is 0.365 e. The molecule has 54 valence electrons. The Kier molecular flexibility index (Phi) is 2.33. The van der Waals surface area contributed by atoms with Crippen LogP contribution in [0.4, 0.5) is 0 Å². The molecule has 6 nitrogen and oxygen atoms in total. The van der Waals surface area contributed by atoms with Crippen LogP contribution in [0.15, 0.2) is 0 Å². The molecule has 0 heterocycles. The Hall–Kier alpha value is -0.420. The van der Waals surface area contributed by atoms with Crippen LogP contribution in [0.3, 0.4) is 0 Å². The van der Waals surface area contributed by atoms with Crippen molar-refractivity contribution in [3.63, 3.8) is 0 Å². The van der Waals surface area contributed by atoms with E-state index < -0.39 is 19.4 Å². The Bertz CT molecular complexity index is 156. The lowest BCUT2D eigenvalue weighted by Gasteiger charge is -2.05. The van der Waals surface area contributed by atoms with Crippen molar-refractivity contribution in [3.8, 4) is 0 Å². The molecule has 0 fully saturated rings. The van der Waals surface area contributed by atoms with Gasteiger partial charge >= 0.3 is 13.6 Å². The third-order valence-electron chi connectivity index (χ3n) is 0.539. The standard InChI is InChI=1S/C2H5O6P/c3-1(4)2(5)9(6,7)8/h2,5H,(H,3,4)(H2,6,7,8). The molecule has 0 rings (SSSR count). The van der Waals surface area contributed by atoms with E-state index in [-0.39, 0.29) is 0 Å². The van der Waals surface area contributed by atoms with Crippen molar-refractivity contribution in [2.24, 2.45) is 0 Å². The van der Waals surface area contributed by atoms with Gasteiger partial charge in [-0.05, 0) is 0 Å². The smallest absolute Gasteiger partial charge is 0.365 e. The van der Waals surface area contributed by atoms with Gasteiger partial charge in [0.1, 0.15) is 0 Å². The molecule has 0 saturated carbocycles. The molecular formula is C2H5O6P. The molecule has 0 saturated heterocycles. The topological polar surface area (TPSA) is 115 Å². The first-order chi connectivity index (χ1) is 3.85. The summed E-state index contributed by atoms with van der Waals surface area (Å²) in [7, 11) is -4.86. The zero-order valence-corrected chi connectivity index (χ0v) is 5.02. The molecule has 0 aliphatic rings. The predicted octanol–water partition coefficient (Wildman–Crippen LogP) is -1.43. The number of hydrogen-bond donors (Lipinski definition) is 4. The van der Waals surface area contributed by atoms with E-state index in [0.717, 1.165) is 0 Å². The van der Waals surface area contributed by atoms with Crippen LogP contribution < -0.4 is 0 Å². The van der Waals surface area contributed by atoms with E-state index in [1.165, 1.54) is 0 Å². The minimum absolute atomic E-state index is 1.93. The second kappa shape index (κ2) is 2.45. The van der Waals surface area contributed by atoms with Crippen molar-refractivity contribution in [2.75, 3.05) is 0 Å². The summed E-state index contributed by atoms with van der Waals surface area (Å²) in [6.45, 7) is 0. The second-order valence-corrected chi connectivity index (χ2v) is 2.97. The van der Waals surface area contributed by atoms with E-state index >= 15 is 0 Å². The average Bonchev–Trinajstić information content (AvgIpc) is 1.62. The van der Waals surface area contributed by atoms with E-state index in [9.17, 15) is 9.36 Å². The number of carbonyl (C=O) groups is 1. The van der Waals surface area contributed by atoms with Gasteiger partial charge in [-0.2, -0.15) is 0 Å². The van der Waals surface area contributed by atoms with E-state index in [0.29, 0.717) is 0 Å². The third-order valence-corrected chi connectivity index (χ3v) is 1.40. The molecular weight excluding hydrogens is 151 g/mol. The summed E-state index contributed by atoms with van der Waals surface area (Å²) in [6, 6.07) is 0. The Morgan fingerprint density at radius 2 is 1.78 bits per heavy atom.